The third-order valence-electron chi connectivity index (χ3n) is 3.99. The Morgan fingerprint density at radius 2 is 2.24 bits per heavy atom. The van der Waals surface area contributed by atoms with Gasteiger partial charge in [-0.05, 0) is 65.6 Å². The summed E-state index contributed by atoms with van der Waals surface area (Å²) < 4.78 is 1.04. The second kappa shape index (κ2) is 5.96. The van der Waals surface area contributed by atoms with Crippen molar-refractivity contribution in [3.8, 4) is 0 Å². The van der Waals surface area contributed by atoms with E-state index < -0.39 is 0 Å². The van der Waals surface area contributed by atoms with E-state index in [9.17, 15) is 0 Å². The molecule has 0 radical (unpaired) electrons. The van der Waals surface area contributed by atoms with Crippen LogP contribution in [0.15, 0.2) is 22.8 Å². The molecule has 3 atom stereocenters. The molecular weight excluding hydrogens is 276 g/mol. The Labute approximate surface area is 112 Å². The molecule has 0 aromatic carbocycles. The molecule has 1 aliphatic carbocycles. The van der Waals surface area contributed by atoms with E-state index in [0.29, 0.717) is 12.0 Å². The molecule has 0 saturated heterocycles. The predicted molar refractivity (Wildman–Crippen MR) is 74.7 cm³/mol. The zero-order valence-electron chi connectivity index (χ0n) is 10.4. The van der Waals surface area contributed by atoms with Crippen LogP contribution in [0.4, 0.5) is 0 Å². The standard InChI is InChI=1S/C14H21BrN2/c1-2-10-3-6-14(16)11(7-10)8-13-5-4-12(15)9-17-13/h4-5,9-11,14H,2-3,6-8,16H2,1H3. The number of hydrogen-bond acceptors (Lipinski definition) is 2. The lowest BCUT2D eigenvalue weighted by Crippen LogP contribution is -2.37. The lowest BCUT2D eigenvalue weighted by atomic mass is 9.75. The fraction of sp³-hybridized carbons (Fsp3) is 0.643. The number of nitrogens with zero attached hydrogens (tertiary/aromatic N) is 1. The van der Waals surface area contributed by atoms with Crippen molar-refractivity contribution < 1.29 is 0 Å². The molecular formula is C14H21BrN2. The van der Waals surface area contributed by atoms with Crippen LogP contribution >= 0.6 is 15.9 Å². The number of rotatable bonds is 3. The summed E-state index contributed by atoms with van der Waals surface area (Å²) in [4.78, 5) is 4.46. The van der Waals surface area contributed by atoms with Crippen molar-refractivity contribution in [2.75, 3.05) is 0 Å². The van der Waals surface area contributed by atoms with Gasteiger partial charge in [-0.2, -0.15) is 0 Å². The van der Waals surface area contributed by atoms with E-state index in [1.54, 1.807) is 0 Å². The summed E-state index contributed by atoms with van der Waals surface area (Å²) in [5.41, 5.74) is 7.41. The Kier molecular flexibility index (Phi) is 4.57. The summed E-state index contributed by atoms with van der Waals surface area (Å²) in [5, 5.41) is 0. The molecule has 0 aliphatic heterocycles. The number of hydrogen-bond donors (Lipinski definition) is 1. The predicted octanol–water partition coefficient (Wildman–Crippen LogP) is 3.54. The van der Waals surface area contributed by atoms with Gasteiger partial charge >= 0.3 is 0 Å². The molecule has 1 aromatic heterocycles. The second-order valence-electron chi connectivity index (χ2n) is 5.18. The number of halogens is 1. The van der Waals surface area contributed by atoms with Gasteiger partial charge in [-0.1, -0.05) is 13.3 Å². The lowest BCUT2D eigenvalue weighted by molar-refractivity contribution is 0.226. The Morgan fingerprint density at radius 1 is 1.41 bits per heavy atom. The van der Waals surface area contributed by atoms with Gasteiger partial charge in [0, 0.05) is 22.4 Å². The zero-order chi connectivity index (χ0) is 12.3. The summed E-state index contributed by atoms with van der Waals surface area (Å²) in [7, 11) is 0. The first-order chi connectivity index (χ1) is 8.19. The number of pyridine rings is 1. The third-order valence-corrected chi connectivity index (χ3v) is 4.46. The molecule has 0 amide bonds. The topological polar surface area (TPSA) is 38.9 Å². The minimum Gasteiger partial charge on any atom is -0.327 e. The van der Waals surface area contributed by atoms with E-state index >= 15 is 0 Å². The largest absolute Gasteiger partial charge is 0.327 e. The summed E-state index contributed by atoms with van der Waals surface area (Å²) in [6.07, 6.45) is 7.96. The van der Waals surface area contributed by atoms with Crippen molar-refractivity contribution >= 4 is 15.9 Å². The van der Waals surface area contributed by atoms with Crippen molar-refractivity contribution in [3.63, 3.8) is 0 Å². The van der Waals surface area contributed by atoms with Crippen LogP contribution in [0.3, 0.4) is 0 Å². The van der Waals surface area contributed by atoms with Crippen molar-refractivity contribution in [2.45, 2.75) is 45.1 Å². The van der Waals surface area contributed by atoms with Crippen molar-refractivity contribution in [3.05, 3.63) is 28.5 Å². The minimum atomic E-state index is 0.364. The van der Waals surface area contributed by atoms with Crippen LogP contribution in [0.1, 0.15) is 38.3 Å². The lowest BCUT2D eigenvalue weighted by Gasteiger charge is -2.33. The van der Waals surface area contributed by atoms with E-state index in [2.05, 4.69) is 40.0 Å². The van der Waals surface area contributed by atoms with Crippen LogP contribution < -0.4 is 5.73 Å². The van der Waals surface area contributed by atoms with Crippen LogP contribution in [0.2, 0.25) is 0 Å². The fourth-order valence-electron chi connectivity index (χ4n) is 2.79. The molecule has 3 heteroatoms. The van der Waals surface area contributed by atoms with Gasteiger partial charge in [-0.25, -0.2) is 0 Å². The Hall–Kier alpha value is -0.410. The minimum absolute atomic E-state index is 0.364. The highest BCUT2D eigenvalue weighted by atomic mass is 79.9. The molecule has 3 unspecified atom stereocenters. The first-order valence-electron chi connectivity index (χ1n) is 6.55. The van der Waals surface area contributed by atoms with Gasteiger partial charge in [0.1, 0.15) is 0 Å². The van der Waals surface area contributed by atoms with Gasteiger partial charge < -0.3 is 5.73 Å². The van der Waals surface area contributed by atoms with E-state index in [1.165, 1.54) is 31.4 Å². The molecule has 17 heavy (non-hydrogen) atoms. The molecule has 1 fully saturated rings. The first kappa shape index (κ1) is 13.0. The molecule has 1 heterocycles. The van der Waals surface area contributed by atoms with E-state index in [0.717, 1.165) is 16.8 Å². The van der Waals surface area contributed by atoms with Crippen LogP contribution in [0.5, 0.6) is 0 Å². The molecule has 2 nitrogen and oxygen atoms in total. The highest BCUT2D eigenvalue weighted by molar-refractivity contribution is 9.10. The maximum Gasteiger partial charge on any atom is 0.0413 e. The van der Waals surface area contributed by atoms with Gasteiger partial charge in [0.25, 0.3) is 0 Å². The Balaban J connectivity index is 1.98. The van der Waals surface area contributed by atoms with Crippen molar-refractivity contribution in [2.24, 2.45) is 17.6 Å². The third kappa shape index (κ3) is 3.52. The van der Waals surface area contributed by atoms with Gasteiger partial charge in [0.15, 0.2) is 0 Å². The smallest absolute Gasteiger partial charge is 0.0413 e. The Morgan fingerprint density at radius 3 is 2.88 bits per heavy atom. The van der Waals surface area contributed by atoms with E-state index in [-0.39, 0.29) is 0 Å². The van der Waals surface area contributed by atoms with Gasteiger partial charge in [0.05, 0.1) is 0 Å². The van der Waals surface area contributed by atoms with E-state index in [1.807, 2.05) is 6.20 Å². The summed E-state index contributed by atoms with van der Waals surface area (Å²) in [6, 6.07) is 4.53. The first-order valence-corrected chi connectivity index (χ1v) is 7.34. The molecule has 0 bridgehead atoms. The number of aromatic nitrogens is 1. The molecule has 1 saturated carbocycles. The summed E-state index contributed by atoms with van der Waals surface area (Å²) in [5.74, 6) is 1.48. The molecule has 94 valence electrons. The van der Waals surface area contributed by atoms with E-state index in [4.69, 9.17) is 5.73 Å². The fourth-order valence-corrected chi connectivity index (χ4v) is 3.02. The molecule has 0 spiro atoms. The van der Waals surface area contributed by atoms with Crippen molar-refractivity contribution in [1.82, 2.24) is 4.98 Å². The van der Waals surface area contributed by atoms with Gasteiger partial charge in [-0.15, -0.1) is 0 Å². The highest BCUT2D eigenvalue weighted by Gasteiger charge is 2.27. The molecule has 1 aromatic rings. The van der Waals surface area contributed by atoms with Crippen LogP contribution in [-0.4, -0.2) is 11.0 Å². The monoisotopic (exact) mass is 296 g/mol. The summed E-state index contributed by atoms with van der Waals surface area (Å²) >= 11 is 3.42. The SMILES string of the molecule is CCC1CCC(N)C(Cc2ccc(Br)cn2)C1. The normalized spacial score (nSPS) is 29.2. The van der Waals surface area contributed by atoms with Crippen molar-refractivity contribution in [1.29, 1.82) is 0 Å². The summed E-state index contributed by atoms with van der Waals surface area (Å²) in [6.45, 7) is 2.29. The van der Waals surface area contributed by atoms with Crippen LogP contribution in [0.25, 0.3) is 0 Å². The van der Waals surface area contributed by atoms with Gasteiger partial charge in [0.2, 0.25) is 0 Å². The molecule has 2 rings (SSSR count). The van der Waals surface area contributed by atoms with Crippen LogP contribution in [0, 0.1) is 11.8 Å². The highest BCUT2D eigenvalue weighted by Crippen LogP contribution is 2.32. The second-order valence-corrected chi connectivity index (χ2v) is 6.10. The molecule has 2 N–H and O–H groups in total. The quantitative estimate of drug-likeness (QED) is 0.926. The molecule has 1 aliphatic rings. The van der Waals surface area contributed by atoms with Gasteiger partial charge in [-0.3, -0.25) is 4.98 Å². The maximum atomic E-state index is 6.24. The number of nitrogens with two attached hydrogens (primary N) is 1. The maximum absolute atomic E-state index is 6.24. The average molecular weight is 297 g/mol. The van der Waals surface area contributed by atoms with Crippen LogP contribution in [-0.2, 0) is 6.42 Å². The zero-order valence-corrected chi connectivity index (χ0v) is 12.0. The Bertz CT molecular complexity index is 350. The average Bonchev–Trinajstić information content (AvgIpc) is 2.35.